The fourth-order valence-electron chi connectivity index (χ4n) is 2.03. The van der Waals surface area contributed by atoms with Crippen molar-refractivity contribution in [3.05, 3.63) is 28.2 Å². The van der Waals surface area contributed by atoms with Gasteiger partial charge in [-0.3, -0.25) is 0 Å². The van der Waals surface area contributed by atoms with Gasteiger partial charge in [-0.05, 0) is 31.9 Å². The Balaban J connectivity index is 2.33. The fraction of sp³-hybridized carbons (Fsp3) is 0.500. The van der Waals surface area contributed by atoms with Gasteiger partial charge in [0, 0.05) is 24.5 Å². The molecule has 2 rings (SSSR count). The summed E-state index contributed by atoms with van der Waals surface area (Å²) in [5.41, 5.74) is 7.67. The molecule has 0 spiro atoms. The van der Waals surface area contributed by atoms with Crippen LogP contribution in [0.1, 0.15) is 23.8 Å². The van der Waals surface area contributed by atoms with E-state index in [0.29, 0.717) is 23.8 Å². The SMILES string of the molecule is CC1=CCCN(S(=O)(=O)c2cc(C)c(CN)s2)C1. The molecule has 100 valence electrons. The summed E-state index contributed by atoms with van der Waals surface area (Å²) in [6.45, 7) is 5.32. The molecular weight excluding hydrogens is 268 g/mol. The molecule has 0 unspecified atom stereocenters. The van der Waals surface area contributed by atoms with Gasteiger partial charge in [0.05, 0.1) is 0 Å². The normalized spacial score (nSPS) is 17.8. The lowest BCUT2D eigenvalue weighted by Crippen LogP contribution is -2.34. The van der Waals surface area contributed by atoms with Crippen molar-refractivity contribution in [3.63, 3.8) is 0 Å². The molecule has 0 saturated carbocycles. The first-order valence-electron chi connectivity index (χ1n) is 5.90. The molecule has 2 N–H and O–H groups in total. The van der Waals surface area contributed by atoms with Crippen LogP contribution in [0.5, 0.6) is 0 Å². The van der Waals surface area contributed by atoms with Crippen molar-refractivity contribution in [1.29, 1.82) is 0 Å². The van der Waals surface area contributed by atoms with Crippen LogP contribution in [0.3, 0.4) is 0 Å². The van der Waals surface area contributed by atoms with Gasteiger partial charge in [-0.2, -0.15) is 4.31 Å². The monoisotopic (exact) mass is 286 g/mol. The summed E-state index contributed by atoms with van der Waals surface area (Å²) < 4.78 is 26.9. The molecule has 4 nitrogen and oxygen atoms in total. The number of aryl methyl sites for hydroxylation is 1. The van der Waals surface area contributed by atoms with Crippen LogP contribution in [-0.4, -0.2) is 25.8 Å². The summed E-state index contributed by atoms with van der Waals surface area (Å²) in [7, 11) is -3.35. The van der Waals surface area contributed by atoms with Crippen LogP contribution in [0.2, 0.25) is 0 Å². The minimum atomic E-state index is -3.35. The Morgan fingerprint density at radius 2 is 2.17 bits per heavy atom. The molecule has 0 amide bonds. The molecule has 1 aliphatic rings. The lowest BCUT2D eigenvalue weighted by atomic mass is 10.2. The van der Waals surface area contributed by atoms with Crippen LogP contribution < -0.4 is 5.73 Å². The molecular formula is C12H18N2O2S2. The van der Waals surface area contributed by atoms with Gasteiger partial charge >= 0.3 is 0 Å². The third kappa shape index (κ3) is 2.51. The van der Waals surface area contributed by atoms with E-state index in [-0.39, 0.29) is 0 Å². The highest BCUT2D eigenvalue weighted by atomic mass is 32.2. The Morgan fingerprint density at radius 3 is 2.72 bits per heavy atom. The molecule has 1 aromatic rings. The van der Waals surface area contributed by atoms with E-state index < -0.39 is 10.0 Å². The van der Waals surface area contributed by atoms with Gasteiger partial charge in [-0.15, -0.1) is 11.3 Å². The molecule has 0 aromatic carbocycles. The van der Waals surface area contributed by atoms with Crippen molar-refractivity contribution >= 4 is 21.4 Å². The smallest absolute Gasteiger partial charge is 0.252 e. The predicted octanol–water partition coefficient (Wildman–Crippen LogP) is 1.86. The molecule has 1 aromatic heterocycles. The average molecular weight is 286 g/mol. The van der Waals surface area contributed by atoms with Gasteiger partial charge < -0.3 is 5.73 Å². The Labute approximate surface area is 112 Å². The molecule has 0 atom stereocenters. The maximum atomic E-state index is 12.5. The Hall–Kier alpha value is -0.690. The van der Waals surface area contributed by atoms with Gasteiger partial charge in [-0.25, -0.2) is 8.42 Å². The van der Waals surface area contributed by atoms with E-state index in [1.165, 1.54) is 11.3 Å². The van der Waals surface area contributed by atoms with Gasteiger partial charge in [0.15, 0.2) is 0 Å². The van der Waals surface area contributed by atoms with Crippen molar-refractivity contribution in [3.8, 4) is 0 Å². The fourth-order valence-corrected chi connectivity index (χ4v) is 5.15. The van der Waals surface area contributed by atoms with Gasteiger partial charge in [0.2, 0.25) is 0 Å². The van der Waals surface area contributed by atoms with Gasteiger partial charge in [0.25, 0.3) is 10.0 Å². The van der Waals surface area contributed by atoms with E-state index >= 15 is 0 Å². The van der Waals surface area contributed by atoms with Crippen LogP contribution in [0, 0.1) is 6.92 Å². The van der Waals surface area contributed by atoms with E-state index in [1.54, 1.807) is 10.4 Å². The molecule has 1 aliphatic heterocycles. The average Bonchev–Trinajstić information content (AvgIpc) is 2.71. The van der Waals surface area contributed by atoms with E-state index in [1.807, 2.05) is 13.8 Å². The highest BCUT2D eigenvalue weighted by molar-refractivity contribution is 7.91. The third-order valence-corrected chi connectivity index (χ3v) is 6.63. The molecule has 0 aliphatic carbocycles. The molecule has 2 heterocycles. The van der Waals surface area contributed by atoms with Gasteiger partial charge in [0.1, 0.15) is 4.21 Å². The largest absolute Gasteiger partial charge is 0.326 e. The second kappa shape index (κ2) is 5.13. The molecule has 0 saturated heterocycles. The van der Waals surface area contributed by atoms with Crippen molar-refractivity contribution in [1.82, 2.24) is 4.31 Å². The number of sulfonamides is 1. The summed E-state index contributed by atoms with van der Waals surface area (Å²) in [6.07, 6.45) is 2.89. The number of thiophene rings is 1. The first-order valence-corrected chi connectivity index (χ1v) is 8.16. The minimum Gasteiger partial charge on any atom is -0.326 e. The van der Waals surface area contributed by atoms with E-state index in [9.17, 15) is 8.42 Å². The minimum absolute atomic E-state index is 0.394. The second-order valence-corrected chi connectivity index (χ2v) is 7.86. The van der Waals surface area contributed by atoms with Gasteiger partial charge in [-0.1, -0.05) is 11.6 Å². The zero-order chi connectivity index (χ0) is 13.3. The number of nitrogens with zero attached hydrogens (tertiary/aromatic N) is 1. The number of nitrogens with two attached hydrogens (primary N) is 1. The molecule has 0 fully saturated rings. The Kier molecular flexibility index (Phi) is 3.91. The van der Waals surface area contributed by atoms with Crippen molar-refractivity contribution in [2.45, 2.75) is 31.0 Å². The van der Waals surface area contributed by atoms with Crippen molar-refractivity contribution in [2.75, 3.05) is 13.1 Å². The zero-order valence-electron chi connectivity index (χ0n) is 10.6. The summed E-state index contributed by atoms with van der Waals surface area (Å²) in [5, 5.41) is 0. The summed E-state index contributed by atoms with van der Waals surface area (Å²) in [5.74, 6) is 0. The molecule has 18 heavy (non-hydrogen) atoms. The van der Waals surface area contributed by atoms with Crippen molar-refractivity contribution < 1.29 is 8.42 Å². The molecule has 0 radical (unpaired) electrons. The maximum absolute atomic E-state index is 12.5. The zero-order valence-corrected chi connectivity index (χ0v) is 12.3. The topological polar surface area (TPSA) is 63.4 Å². The van der Waals surface area contributed by atoms with E-state index in [2.05, 4.69) is 6.08 Å². The first kappa shape index (κ1) is 13.7. The number of hydrogen-bond donors (Lipinski definition) is 1. The quantitative estimate of drug-likeness (QED) is 0.863. The van der Waals surface area contributed by atoms with E-state index in [4.69, 9.17) is 5.73 Å². The van der Waals surface area contributed by atoms with Crippen LogP contribution in [0.25, 0.3) is 0 Å². The van der Waals surface area contributed by atoms with E-state index in [0.717, 1.165) is 22.4 Å². The number of rotatable bonds is 3. The Bertz CT molecular complexity index is 573. The summed E-state index contributed by atoms with van der Waals surface area (Å²) >= 11 is 1.29. The predicted molar refractivity (Wildman–Crippen MR) is 74.1 cm³/mol. The molecule has 6 heteroatoms. The standard InChI is InChI=1S/C12H18N2O2S2/c1-9-4-3-5-14(8-9)18(15,16)12-6-10(2)11(7-13)17-12/h4,6H,3,5,7-8,13H2,1-2H3. The lowest BCUT2D eigenvalue weighted by Gasteiger charge is -2.24. The number of hydrogen-bond acceptors (Lipinski definition) is 4. The van der Waals surface area contributed by atoms with Crippen molar-refractivity contribution in [2.24, 2.45) is 5.73 Å². The summed E-state index contributed by atoms with van der Waals surface area (Å²) in [4.78, 5) is 0.942. The first-order chi connectivity index (χ1) is 8.45. The maximum Gasteiger partial charge on any atom is 0.252 e. The molecule has 0 bridgehead atoms. The lowest BCUT2D eigenvalue weighted by molar-refractivity contribution is 0.429. The van der Waals surface area contributed by atoms with Crippen LogP contribution in [0.15, 0.2) is 21.9 Å². The van der Waals surface area contributed by atoms with Crippen LogP contribution in [-0.2, 0) is 16.6 Å². The van der Waals surface area contributed by atoms with Crippen LogP contribution in [0.4, 0.5) is 0 Å². The summed E-state index contributed by atoms with van der Waals surface area (Å²) in [6, 6.07) is 1.73. The van der Waals surface area contributed by atoms with Crippen LogP contribution >= 0.6 is 11.3 Å². The highest BCUT2D eigenvalue weighted by Gasteiger charge is 2.28. The Morgan fingerprint density at radius 1 is 1.44 bits per heavy atom. The highest BCUT2D eigenvalue weighted by Crippen LogP contribution is 2.29. The second-order valence-electron chi connectivity index (χ2n) is 4.55. The third-order valence-electron chi connectivity index (χ3n) is 3.07.